The topological polar surface area (TPSA) is 63.1 Å². The first-order chi connectivity index (χ1) is 12.9. The first kappa shape index (κ1) is 17.0. The van der Waals surface area contributed by atoms with Crippen LogP contribution in [0.25, 0.3) is 27.9 Å². The number of H-pyrrole nitrogens is 1. The van der Waals surface area contributed by atoms with E-state index in [0.29, 0.717) is 16.8 Å². The van der Waals surface area contributed by atoms with Crippen LogP contribution in [0.3, 0.4) is 0 Å². The molecule has 4 aromatic rings. The number of aromatic amines is 1. The van der Waals surface area contributed by atoms with E-state index in [0.717, 1.165) is 4.52 Å². The Bertz CT molecular complexity index is 1180. The normalized spacial score (nSPS) is 11.9. The van der Waals surface area contributed by atoms with Crippen molar-refractivity contribution in [2.24, 2.45) is 0 Å². The van der Waals surface area contributed by atoms with E-state index < -0.39 is 17.4 Å². The van der Waals surface area contributed by atoms with Crippen LogP contribution in [0.1, 0.15) is 11.4 Å². The summed E-state index contributed by atoms with van der Waals surface area (Å²) in [5, 5.41) is 3.62. The van der Waals surface area contributed by atoms with E-state index in [1.54, 1.807) is 49.4 Å². The highest BCUT2D eigenvalue weighted by atomic mass is 19.4. The third kappa shape index (κ3) is 2.79. The van der Waals surface area contributed by atoms with Crippen LogP contribution in [-0.2, 0) is 6.18 Å². The quantitative estimate of drug-likeness (QED) is 0.578. The van der Waals surface area contributed by atoms with Gasteiger partial charge in [-0.25, -0.2) is 0 Å². The van der Waals surface area contributed by atoms with Gasteiger partial charge in [-0.1, -0.05) is 30.3 Å². The predicted octanol–water partition coefficient (Wildman–Crippen LogP) is 4.08. The summed E-state index contributed by atoms with van der Waals surface area (Å²) in [6, 6.07) is 11.3. The van der Waals surface area contributed by atoms with Gasteiger partial charge in [-0.15, -0.1) is 0 Å². The number of fused-ring (bicyclic) bond motifs is 1. The average molecular weight is 370 g/mol. The van der Waals surface area contributed by atoms with Crippen LogP contribution in [0.4, 0.5) is 13.2 Å². The molecule has 0 amide bonds. The van der Waals surface area contributed by atoms with Gasteiger partial charge < -0.3 is 4.98 Å². The fraction of sp³-hybridized carbons (Fsp3) is 0.105. The van der Waals surface area contributed by atoms with Crippen LogP contribution in [-0.4, -0.2) is 19.6 Å². The standard InChI is InChI=1S/C19H13F3N4O/c1-11-14(13-7-9-23-10-8-13)18(27)26-17(24-11)15(12-5-3-2-4-6-12)16(25-26)19(20,21)22/h2-10,24H,1H3. The molecule has 0 saturated heterocycles. The molecule has 5 nitrogen and oxygen atoms in total. The lowest BCUT2D eigenvalue weighted by Crippen LogP contribution is -2.19. The molecule has 0 atom stereocenters. The fourth-order valence-corrected chi connectivity index (χ4v) is 3.12. The van der Waals surface area contributed by atoms with Gasteiger partial charge in [-0.3, -0.25) is 9.78 Å². The molecular weight excluding hydrogens is 357 g/mol. The molecule has 0 aliphatic heterocycles. The van der Waals surface area contributed by atoms with E-state index >= 15 is 0 Å². The maximum atomic E-state index is 13.6. The molecule has 1 N–H and O–H groups in total. The third-order valence-corrected chi connectivity index (χ3v) is 4.27. The van der Waals surface area contributed by atoms with Crippen LogP contribution in [0.15, 0.2) is 59.7 Å². The molecule has 3 aromatic heterocycles. The van der Waals surface area contributed by atoms with Gasteiger partial charge in [-0.05, 0) is 30.2 Å². The smallest absolute Gasteiger partial charge is 0.343 e. The Kier molecular flexibility index (Phi) is 3.83. The van der Waals surface area contributed by atoms with Gasteiger partial charge in [0.25, 0.3) is 5.56 Å². The van der Waals surface area contributed by atoms with Crippen molar-refractivity contribution in [1.82, 2.24) is 19.6 Å². The Morgan fingerprint density at radius 2 is 1.59 bits per heavy atom. The summed E-state index contributed by atoms with van der Waals surface area (Å²) in [5.74, 6) is 0. The molecule has 0 bridgehead atoms. The Labute approximate surface area is 151 Å². The number of hydrogen-bond acceptors (Lipinski definition) is 3. The molecule has 27 heavy (non-hydrogen) atoms. The lowest BCUT2D eigenvalue weighted by atomic mass is 10.0. The summed E-state index contributed by atoms with van der Waals surface area (Å²) in [7, 11) is 0. The summed E-state index contributed by atoms with van der Waals surface area (Å²) in [4.78, 5) is 19.8. The molecule has 0 aliphatic carbocycles. The molecule has 0 spiro atoms. The monoisotopic (exact) mass is 370 g/mol. The van der Waals surface area contributed by atoms with Gasteiger partial charge in [0.05, 0.1) is 11.1 Å². The number of alkyl halides is 3. The number of nitrogens with zero attached hydrogens (tertiary/aromatic N) is 3. The lowest BCUT2D eigenvalue weighted by Gasteiger charge is -2.08. The molecule has 0 radical (unpaired) electrons. The number of pyridine rings is 1. The average Bonchev–Trinajstić information content (AvgIpc) is 3.03. The number of rotatable bonds is 2. The second kappa shape index (κ2) is 6.08. The number of halogens is 3. The molecule has 8 heteroatoms. The summed E-state index contributed by atoms with van der Waals surface area (Å²) < 4.78 is 41.7. The minimum atomic E-state index is -4.71. The van der Waals surface area contributed by atoms with E-state index in [9.17, 15) is 18.0 Å². The van der Waals surface area contributed by atoms with Gasteiger partial charge in [0.1, 0.15) is 5.65 Å². The van der Waals surface area contributed by atoms with E-state index in [4.69, 9.17) is 0 Å². The van der Waals surface area contributed by atoms with Crippen molar-refractivity contribution in [2.45, 2.75) is 13.1 Å². The maximum absolute atomic E-state index is 13.6. The zero-order valence-electron chi connectivity index (χ0n) is 14.1. The van der Waals surface area contributed by atoms with Gasteiger partial charge in [-0.2, -0.15) is 22.8 Å². The largest absolute Gasteiger partial charge is 0.435 e. The van der Waals surface area contributed by atoms with Gasteiger partial charge >= 0.3 is 6.18 Å². The molecule has 0 aliphatic rings. The Balaban J connectivity index is 2.11. The molecule has 4 rings (SSSR count). The fourth-order valence-electron chi connectivity index (χ4n) is 3.12. The maximum Gasteiger partial charge on any atom is 0.435 e. The van der Waals surface area contributed by atoms with Crippen LogP contribution in [0, 0.1) is 6.92 Å². The van der Waals surface area contributed by atoms with Gasteiger partial charge in [0, 0.05) is 18.1 Å². The van der Waals surface area contributed by atoms with Crippen LogP contribution in [0.5, 0.6) is 0 Å². The highest BCUT2D eigenvalue weighted by Gasteiger charge is 2.39. The zero-order valence-corrected chi connectivity index (χ0v) is 14.1. The number of benzene rings is 1. The molecule has 0 fully saturated rings. The molecule has 136 valence electrons. The molecular formula is C19H13F3N4O. The SMILES string of the molecule is Cc1[nH]c2c(-c3ccccc3)c(C(F)(F)F)nn2c(=O)c1-c1ccncc1. The number of nitrogens with one attached hydrogen (secondary N) is 1. The molecule has 0 unspecified atom stereocenters. The number of aryl methyl sites for hydroxylation is 1. The highest BCUT2D eigenvalue weighted by molar-refractivity contribution is 5.81. The van der Waals surface area contributed by atoms with Crippen molar-refractivity contribution in [3.8, 4) is 22.3 Å². The second-order valence-electron chi connectivity index (χ2n) is 6.01. The minimum Gasteiger partial charge on any atom is -0.343 e. The van der Waals surface area contributed by atoms with Gasteiger partial charge in [0.15, 0.2) is 5.69 Å². The van der Waals surface area contributed by atoms with Crippen molar-refractivity contribution in [1.29, 1.82) is 0 Å². The minimum absolute atomic E-state index is 0.00818. The molecule has 3 heterocycles. The second-order valence-corrected chi connectivity index (χ2v) is 6.01. The Morgan fingerprint density at radius 1 is 0.963 bits per heavy atom. The highest BCUT2D eigenvalue weighted by Crippen LogP contribution is 2.38. The molecule has 0 saturated carbocycles. The summed E-state index contributed by atoms with van der Waals surface area (Å²) >= 11 is 0. The summed E-state index contributed by atoms with van der Waals surface area (Å²) in [6.45, 7) is 1.65. The zero-order chi connectivity index (χ0) is 19.2. The number of aromatic nitrogens is 4. The number of hydrogen-bond donors (Lipinski definition) is 1. The van der Waals surface area contributed by atoms with E-state index in [1.165, 1.54) is 12.4 Å². The van der Waals surface area contributed by atoms with Crippen molar-refractivity contribution in [3.63, 3.8) is 0 Å². The first-order valence-electron chi connectivity index (χ1n) is 8.06. The first-order valence-corrected chi connectivity index (χ1v) is 8.06. The Morgan fingerprint density at radius 3 is 2.22 bits per heavy atom. The van der Waals surface area contributed by atoms with Crippen molar-refractivity contribution < 1.29 is 13.2 Å². The van der Waals surface area contributed by atoms with Crippen molar-refractivity contribution >= 4 is 5.65 Å². The summed E-state index contributed by atoms with van der Waals surface area (Å²) in [5.41, 5.74) is -0.292. The third-order valence-electron chi connectivity index (χ3n) is 4.27. The van der Waals surface area contributed by atoms with E-state index in [-0.39, 0.29) is 16.8 Å². The Hall–Kier alpha value is -3.42. The lowest BCUT2D eigenvalue weighted by molar-refractivity contribution is -0.140. The van der Waals surface area contributed by atoms with Crippen molar-refractivity contribution in [3.05, 3.63) is 76.6 Å². The van der Waals surface area contributed by atoms with Gasteiger partial charge in [0.2, 0.25) is 0 Å². The van der Waals surface area contributed by atoms with Crippen LogP contribution >= 0.6 is 0 Å². The molecule has 1 aromatic carbocycles. The van der Waals surface area contributed by atoms with Crippen molar-refractivity contribution in [2.75, 3.05) is 0 Å². The predicted molar refractivity (Wildman–Crippen MR) is 94.2 cm³/mol. The van der Waals surface area contributed by atoms with Crippen LogP contribution in [0.2, 0.25) is 0 Å². The van der Waals surface area contributed by atoms with E-state index in [2.05, 4.69) is 15.1 Å². The van der Waals surface area contributed by atoms with Crippen LogP contribution < -0.4 is 5.56 Å². The van der Waals surface area contributed by atoms with E-state index in [1.807, 2.05) is 0 Å². The summed E-state index contributed by atoms with van der Waals surface area (Å²) in [6.07, 6.45) is -1.68.